The highest BCUT2D eigenvalue weighted by molar-refractivity contribution is 6.55. The molecule has 0 atom stereocenters. The molecule has 0 saturated heterocycles. The van der Waals surface area contributed by atoms with Gasteiger partial charge in [-0.25, -0.2) is 9.98 Å². The van der Waals surface area contributed by atoms with Crippen LogP contribution in [0.5, 0.6) is 0 Å². The van der Waals surface area contributed by atoms with E-state index in [0.717, 1.165) is 74.2 Å². The van der Waals surface area contributed by atoms with E-state index < -0.39 is 0 Å². The summed E-state index contributed by atoms with van der Waals surface area (Å²) in [5.41, 5.74) is 9.21. The van der Waals surface area contributed by atoms with Gasteiger partial charge < -0.3 is 0 Å². The second kappa shape index (κ2) is 61.2. The van der Waals surface area contributed by atoms with Gasteiger partial charge in [0.25, 0.3) is 0 Å². The van der Waals surface area contributed by atoms with E-state index in [9.17, 15) is 0 Å². The van der Waals surface area contributed by atoms with Crippen molar-refractivity contribution in [3.63, 3.8) is 0 Å². The monoisotopic (exact) mass is 1170 g/mol. The van der Waals surface area contributed by atoms with Crippen molar-refractivity contribution in [3.05, 3.63) is 58.7 Å². The maximum atomic E-state index is 5.54. The number of nitrogens with zero attached hydrogens (tertiary/aromatic N) is 2. The maximum Gasteiger partial charge on any atom is 0.148 e. The molecule has 85 heavy (non-hydrogen) atoms. The molecule has 0 radical (unpaired) electrons. The van der Waals surface area contributed by atoms with Gasteiger partial charge in [0.2, 0.25) is 0 Å². The Kier molecular flexibility index (Phi) is 56.1. The molecule has 0 saturated carbocycles. The molecular formula is C83H142N2. The Morgan fingerprint density at radius 1 is 0.224 bits per heavy atom. The number of hydrogen-bond acceptors (Lipinski definition) is 2. The van der Waals surface area contributed by atoms with E-state index in [1.54, 1.807) is 0 Å². The van der Waals surface area contributed by atoms with Crippen molar-refractivity contribution in [1.29, 1.82) is 0 Å². The SMILES string of the molecule is CCCCCCCCCCCCCCCCCCCCC#CC(=Nc1cc(CCCCC)cc(CCCCC)c1)C(C#CCCCCCCCCCCCCCCCCCCCCCCCCC)=Nc1cc(CCCCC)cc(CCCCC)c1. The first-order chi connectivity index (χ1) is 42.1. The predicted molar refractivity (Wildman–Crippen MR) is 385 cm³/mol. The minimum absolute atomic E-state index is 0.758. The molecule has 0 aliphatic rings. The number of rotatable bonds is 60. The van der Waals surface area contributed by atoms with Gasteiger partial charge in [-0.2, -0.15) is 0 Å². The fraction of sp³-hybridized carbons (Fsp3) is 0.783. The molecule has 0 aliphatic carbocycles. The van der Waals surface area contributed by atoms with Gasteiger partial charge in [0.15, 0.2) is 0 Å². The third kappa shape index (κ3) is 48.5. The summed E-state index contributed by atoms with van der Waals surface area (Å²) in [6, 6.07) is 14.3. The van der Waals surface area contributed by atoms with Crippen molar-refractivity contribution in [1.82, 2.24) is 0 Å². The zero-order valence-electron chi connectivity index (χ0n) is 58.1. The number of benzene rings is 2. The lowest BCUT2D eigenvalue weighted by Gasteiger charge is -2.10. The van der Waals surface area contributed by atoms with E-state index in [1.165, 1.54) is 350 Å². The lowest BCUT2D eigenvalue weighted by molar-refractivity contribution is 0.518. The first-order valence-electron chi connectivity index (χ1n) is 38.5. The van der Waals surface area contributed by atoms with Gasteiger partial charge >= 0.3 is 0 Å². The molecule has 2 nitrogen and oxygen atoms in total. The zero-order chi connectivity index (χ0) is 60.8. The third-order valence-corrected chi connectivity index (χ3v) is 18.0. The van der Waals surface area contributed by atoms with Crippen molar-refractivity contribution in [2.45, 2.75) is 420 Å². The van der Waals surface area contributed by atoms with Crippen LogP contribution in [0.4, 0.5) is 11.4 Å². The molecule has 0 aromatic heterocycles. The minimum atomic E-state index is 0.758. The molecule has 2 aromatic carbocycles. The molecule has 0 amide bonds. The first kappa shape index (κ1) is 78.0. The van der Waals surface area contributed by atoms with Crippen LogP contribution < -0.4 is 0 Å². The summed E-state index contributed by atoms with van der Waals surface area (Å²) in [6.45, 7) is 13.9. The van der Waals surface area contributed by atoms with E-state index in [1.807, 2.05) is 0 Å². The lowest BCUT2D eigenvalue weighted by atomic mass is 10.00. The Hall–Kier alpha value is -3.10. The van der Waals surface area contributed by atoms with Crippen LogP contribution in [0.1, 0.15) is 417 Å². The van der Waals surface area contributed by atoms with Gasteiger partial charge in [-0.05, 0) is 123 Å². The van der Waals surface area contributed by atoms with Crippen LogP contribution >= 0.6 is 0 Å². The molecular weight excluding hydrogens is 1020 g/mol. The fourth-order valence-corrected chi connectivity index (χ4v) is 12.5. The van der Waals surface area contributed by atoms with Crippen LogP contribution in [0.3, 0.4) is 0 Å². The Balaban J connectivity index is 2.16. The van der Waals surface area contributed by atoms with Gasteiger partial charge in [0, 0.05) is 12.8 Å². The molecule has 2 heteroatoms. The zero-order valence-corrected chi connectivity index (χ0v) is 58.1. The summed E-state index contributed by atoms with van der Waals surface area (Å²) in [7, 11) is 0. The summed E-state index contributed by atoms with van der Waals surface area (Å²) < 4.78 is 0. The van der Waals surface area contributed by atoms with Gasteiger partial charge in [0.05, 0.1) is 11.4 Å². The molecule has 484 valence electrons. The fourth-order valence-electron chi connectivity index (χ4n) is 12.5. The standard InChI is InChI=1S/C83H142N2/c1-7-13-19-21-23-25-27-29-31-33-35-37-38-39-40-41-43-45-47-49-51-53-55-57-63-69-83(85-81-74-78(66-60-17-11-5)71-79(75-81)67-61-18-12-6)82(84-80-72-76(64-58-15-9-3)70-77(73-80)65-59-16-10-4)68-62-56-54-52-50-48-46-44-42-36-34-32-30-28-26-24-22-20-14-8-2/h70-75H,7-61,64-67H2,1-6H3. The molecule has 0 fully saturated rings. The van der Waals surface area contributed by atoms with Gasteiger partial charge in [0.1, 0.15) is 11.4 Å². The molecule has 2 aromatic rings. The molecule has 0 unspecified atom stereocenters. The van der Waals surface area contributed by atoms with Gasteiger partial charge in [-0.15, -0.1) is 0 Å². The van der Waals surface area contributed by atoms with Gasteiger partial charge in [-0.1, -0.05) is 367 Å². The van der Waals surface area contributed by atoms with Crippen LogP contribution in [0, 0.1) is 23.7 Å². The van der Waals surface area contributed by atoms with E-state index in [2.05, 4.69) is 102 Å². The summed E-state index contributed by atoms with van der Waals surface area (Å²) in [5.74, 6) is 14.7. The Bertz CT molecular complexity index is 1920. The number of hydrogen-bond donors (Lipinski definition) is 0. The van der Waals surface area contributed by atoms with E-state index >= 15 is 0 Å². The third-order valence-electron chi connectivity index (χ3n) is 18.0. The Labute approximate surface area is 532 Å². The summed E-state index contributed by atoms with van der Waals surface area (Å²) in [4.78, 5) is 11.1. The Morgan fingerprint density at radius 2 is 0.400 bits per heavy atom. The van der Waals surface area contributed by atoms with Crippen molar-refractivity contribution in [3.8, 4) is 23.7 Å². The van der Waals surface area contributed by atoms with E-state index in [4.69, 9.17) is 9.98 Å². The number of aryl methyl sites for hydroxylation is 4. The second-order valence-electron chi connectivity index (χ2n) is 26.7. The minimum Gasteiger partial charge on any atom is -0.237 e. The maximum absolute atomic E-state index is 5.54. The normalized spacial score (nSPS) is 11.8. The number of aliphatic imine (C=N–C) groups is 2. The molecule has 0 heterocycles. The van der Waals surface area contributed by atoms with Crippen molar-refractivity contribution in [2.75, 3.05) is 0 Å². The highest BCUT2D eigenvalue weighted by atomic mass is 14.8. The summed E-state index contributed by atoms with van der Waals surface area (Å²) >= 11 is 0. The van der Waals surface area contributed by atoms with Crippen LogP contribution in [-0.4, -0.2) is 11.4 Å². The highest BCUT2D eigenvalue weighted by Crippen LogP contribution is 2.26. The smallest absolute Gasteiger partial charge is 0.148 e. The lowest BCUT2D eigenvalue weighted by Crippen LogP contribution is -2.10. The first-order valence-corrected chi connectivity index (χ1v) is 38.5. The van der Waals surface area contributed by atoms with Crippen LogP contribution in [-0.2, 0) is 25.7 Å². The molecule has 0 N–H and O–H groups in total. The topological polar surface area (TPSA) is 24.7 Å². The highest BCUT2D eigenvalue weighted by Gasteiger charge is 2.11. The second-order valence-corrected chi connectivity index (χ2v) is 26.7. The van der Waals surface area contributed by atoms with Crippen molar-refractivity contribution < 1.29 is 0 Å². The average Bonchev–Trinajstić information content (AvgIpc) is 3.71. The summed E-state index contributed by atoms with van der Waals surface area (Å²) in [6.07, 6.45) is 78.6. The quantitative estimate of drug-likeness (QED) is 0.0358. The largest absolute Gasteiger partial charge is 0.237 e. The summed E-state index contributed by atoms with van der Waals surface area (Å²) in [5, 5.41) is 0. The van der Waals surface area contributed by atoms with Crippen molar-refractivity contribution >= 4 is 22.8 Å². The van der Waals surface area contributed by atoms with E-state index in [0.29, 0.717) is 0 Å². The predicted octanol–water partition coefficient (Wildman–Crippen LogP) is 28.3. The molecule has 0 spiro atoms. The van der Waals surface area contributed by atoms with Crippen LogP contribution in [0.15, 0.2) is 46.4 Å². The number of unbranched alkanes of at least 4 members (excludes halogenated alkanes) is 49. The van der Waals surface area contributed by atoms with E-state index in [-0.39, 0.29) is 0 Å². The molecule has 2 rings (SSSR count). The van der Waals surface area contributed by atoms with Crippen molar-refractivity contribution in [2.24, 2.45) is 9.98 Å². The average molecular weight is 1170 g/mol. The van der Waals surface area contributed by atoms with Gasteiger partial charge in [-0.3, -0.25) is 0 Å². The van der Waals surface area contributed by atoms with Crippen LogP contribution in [0.25, 0.3) is 0 Å². The van der Waals surface area contributed by atoms with Crippen LogP contribution in [0.2, 0.25) is 0 Å². The molecule has 0 aliphatic heterocycles. The Morgan fingerprint density at radius 3 is 0.600 bits per heavy atom. The molecule has 0 bridgehead atoms.